The van der Waals surface area contributed by atoms with E-state index in [9.17, 15) is 9.18 Å². The Hall–Kier alpha value is -2.09. The SMILES string of the molecule is N#Cc1cc(F)ccc1N1CCCN(C(=O)C2CC2)CC1. The van der Waals surface area contributed by atoms with E-state index in [0.29, 0.717) is 18.7 Å². The van der Waals surface area contributed by atoms with Gasteiger partial charge in [0.05, 0.1) is 11.3 Å². The molecule has 1 saturated carbocycles. The highest BCUT2D eigenvalue weighted by atomic mass is 19.1. The molecule has 0 unspecified atom stereocenters. The molecule has 0 spiro atoms. The van der Waals surface area contributed by atoms with Gasteiger partial charge in [0, 0.05) is 32.1 Å². The topological polar surface area (TPSA) is 47.3 Å². The second-order valence-corrected chi connectivity index (χ2v) is 5.71. The zero-order valence-electron chi connectivity index (χ0n) is 11.9. The molecular weight excluding hydrogens is 269 g/mol. The van der Waals surface area contributed by atoms with E-state index in [4.69, 9.17) is 5.26 Å². The lowest BCUT2D eigenvalue weighted by molar-refractivity contribution is -0.132. The standard InChI is InChI=1S/C16H18FN3O/c17-14-4-5-15(13(10-14)11-18)19-6-1-7-20(9-8-19)16(21)12-2-3-12/h4-5,10,12H,1-3,6-9H2. The van der Waals surface area contributed by atoms with Crippen molar-refractivity contribution in [2.24, 2.45) is 5.92 Å². The second-order valence-electron chi connectivity index (χ2n) is 5.71. The van der Waals surface area contributed by atoms with Gasteiger partial charge >= 0.3 is 0 Å². The van der Waals surface area contributed by atoms with Crippen LogP contribution in [0.4, 0.5) is 10.1 Å². The van der Waals surface area contributed by atoms with Gasteiger partial charge in [0.25, 0.3) is 0 Å². The number of hydrogen-bond acceptors (Lipinski definition) is 3. The maximum absolute atomic E-state index is 13.2. The summed E-state index contributed by atoms with van der Waals surface area (Å²) in [5.74, 6) is 0.129. The Labute approximate surface area is 123 Å². The molecule has 1 amide bonds. The lowest BCUT2D eigenvalue weighted by atomic mass is 10.1. The first-order chi connectivity index (χ1) is 10.2. The maximum atomic E-state index is 13.2. The average molecular weight is 287 g/mol. The molecule has 1 aromatic carbocycles. The summed E-state index contributed by atoms with van der Waals surface area (Å²) in [5, 5.41) is 9.16. The molecule has 110 valence electrons. The van der Waals surface area contributed by atoms with E-state index in [1.165, 1.54) is 12.1 Å². The lowest BCUT2D eigenvalue weighted by Gasteiger charge is -2.24. The van der Waals surface area contributed by atoms with Gasteiger partial charge in [-0.15, -0.1) is 0 Å². The van der Waals surface area contributed by atoms with Gasteiger partial charge in [0.1, 0.15) is 11.9 Å². The monoisotopic (exact) mass is 287 g/mol. The highest BCUT2D eigenvalue weighted by Crippen LogP contribution is 2.31. The van der Waals surface area contributed by atoms with Gasteiger partial charge in [-0.1, -0.05) is 0 Å². The van der Waals surface area contributed by atoms with Crippen LogP contribution in [-0.2, 0) is 4.79 Å². The predicted molar refractivity (Wildman–Crippen MR) is 77.2 cm³/mol. The fourth-order valence-electron chi connectivity index (χ4n) is 2.84. The minimum atomic E-state index is -0.393. The van der Waals surface area contributed by atoms with Gasteiger partial charge in [0.15, 0.2) is 0 Å². The van der Waals surface area contributed by atoms with Crippen molar-refractivity contribution in [1.82, 2.24) is 4.90 Å². The Balaban J connectivity index is 1.73. The van der Waals surface area contributed by atoms with Crippen LogP contribution in [-0.4, -0.2) is 37.0 Å². The first-order valence-corrected chi connectivity index (χ1v) is 7.42. The summed E-state index contributed by atoms with van der Waals surface area (Å²) in [5.41, 5.74) is 1.12. The van der Waals surface area contributed by atoms with Crippen LogP contribution in [0.5, 0.6) is 0 Å². The Bertz CT molecular complexity index is 592. The highest BCUT2D eigenvalue weighted by Gasteiger charge is 2.34. The molecule has 4 nitrogen and oxygen atoms in total. The van der Waals surface area contributed by atoms with Gasteiger partial charge in [-0.2, -0.15) is 5.26 Å². The number of nitriles is 1. The van der Waals surface area contributed by atoms with E-state index in [-0.39, 0.29) is 11.8 Å². The zero-order valence-corrected chi connectivity index (χ0v) is 11.9. The summed E-state index contributed by atoms with van der Waals surface area (Å²) in [6.07, 6.45) is 2.92. The Kier molecular flexibility index (Phi) is 3.78. The first-order valence-electron chi connectivity index (χ1n) is 7.42. The normalized spacial score (nSPS) is 19.0. The molecule has 0 radical (unpaired) electrons. The number of carbonyl (C=O) groups is 1. The van der Waals surface area contributed by atoms with Crippen molar-refractivity contribution in [3.63, 3.8) is 0 Å². The van der Waals surface area contributed by atoms with Crippen LogP contribution in [0.25, 0.3) is 0 Å². The summed E-state index contributed by atoms with van der Waals surface area (Å²) in [7, 11) is 0. The molecule has 1 aliphatic carbocycles. The molecule has 1 aliphatic heterocycles. The zero-order chi connectivity index (χ0) is 14.8. The van der Waals surface area contributed by atoms with Crippen LogP contribution in [0.3, 0.4) is 0 Å². The molecule has 0 N–H and O–H groups in total. The van der Waals surface area contributed by atoms with Gasteiger partial charge in [-0.25, -0.2) is 4.39 Å². The summed E-state index contributed by atoms with van der Waals surface area (Å²) in [6.45, 7) is 2.93. The van der Waals surface area contributed by atoms with E-state index < -0.39 is 5.82 Å². The van der Waals surface area contributed by atoms with Crippen molar-refractivity contribution in [2.75, 3.05) is 31.1 Å². The Morgan fingerprint density at radius 1 is 1.24 bits per heavy atom. The van der Waals surface area contributed by atoms with E-state index in [1.807, 2.05) is 4.90 Å². The summed E-state index contributed by atoms with van der Waals surface area (Å²) in [6, 6.07) is 6.37. The largest absolute Gasteiger partial charge is 0.369 e. The summed E-state index contributed by atoms with van der Waals surface area (Å²) < 4.78 is 13.2. The molecule has 0 bridgehead atoms. The molecule has 0 atom stereocenters. The smallest absolute Gasteiger partial charge is 0.225 e. The number of amides is 1. The molecule has 2 aliphatic rings. The van der Waals surface area contributed by atoms with Crippen molar-refractivity contribution in [3.05, 3.63) is 29.6 Å². The number of benzene rings is 1. The predicted octanol–water partition coefficient (Wildman–Crippen LogP) is 2.15. The van der Waals surface area contributed by atoms with Crippen molar-refractivity contribution in [1.29, 1.82) is 5.26 Å². The number of anilines is 1. The third kappa shape index (κ3) is 2.99. The third-order valence-corrected chi connectivity index (χ3v) is 4.15. The molecule has 21 heavy (non-hydrogen) atoms. The number of halogens is 1. The number of rotatable bonds is 2. The summed E-state index contributed by atoms with van der Waals surface area (Å²) in [4.78, 5) is 16.1. The van der Waals surface area contributed by atoms with Crippen molar-refractivity contribution in [3.8, 4) is 6.07 Å². The second kappa shape index (κ2) is 5.72. The van der Waals surface area contributed by atoms with Gasteiger partial charge in [-0.05, 0) is 37.5 Å². The van der Waals surface area contributed by atoms with Gasteiger partial charge < -0.3 is 9.80 Å². The highest BCUT2D eigenvalue weighted by molar-refractivity contribution is 5.81. The van der Waals surface area contributed by atoms with Crippen molar-refractivity contribution >= 4 is 11.6 Å². The van der Waals surface area contributed by atoms with Crippen molar-refractivity contribution in [2.45, 2.75) is 19.3 Å². The number of carbonyl (C=O) groups excluding carboxylic acids is 1. The Morgan fingerprint density at radius 2 is 2.05 bits per heavy atom. The lowest BCUT2D eigenvalue weighted by Crippen LogP contribution is -2.36. The number of nitrogens with zero attached hydrogens (tertiary/aromatic N) is 3. The van der Waals surface area contributed by atoms with Crippen LogP contribution >= 0.6 is 0 Å². The van der Waals surface area contributed by atoms with E-state index >= 15 is 0 Å². The fraction of sp³-hybridized carbons (Fsp3) is 0.500. The third-order valence-electron chi connectivity index (χ3n) is 4.15. The van der Waals surface area contributed by atoms with Crippen LogP contribution in [0.15, 0.2) is 18.2 Å². The van der Waals surface area contributed by atoms with Gasteiger partial charge in [0.2, 0.25) is 5.91 Å². The molecule has 2 fully saturated rings. The van der Waals surface area contributed by atoms with Gasteiger partial charge in [-0.3, -0.25) is 4.79 Å². The van der Waals surface area contributed by atoms with Crippen LogP contribution in [0.2, 0.25) is 0 Å². The van der Waals surface area contributed by atoms with Crippen molar-refractivity contribution < 1.29 is 9.18 Å². The number of hydrogen-bond donors (Lipinski definition) is 0. The molecule has 1 saturated heterocycles. The molecule has 1 heterocycles. The van der Waals surface area contributed by atoms with Crippen LogP contribution < -0.4 is 4.90 Å². The molecular formula is C16H18FN3O. The Morgan fingerprint density at radius 3 is 2.76 bits per heavy atom. The molecule has 1 aromatic rings. The van der Waals surface area contributed by atoms with E-state index in [2.05, 4.69) is 11.0 Å². The quantitative estimate of drug-likeness (QED) is 0.837. The minimum absolute atomic E-state index is 0.247. The van der Waals surface area contributed by atoms with E-state index in [1.54, 1.807) is 6.07 Å². The molecule has 3 rings (SSSR count). The van der Waals surface area contributed by atoms with Crippen LogP contribution in [0, 0.1) is 23.1 Å². The molecule has 0 aromatic heterocycles. The first kappa shape index (κ1) is 13.9. The van der Waals surface area contributed by atoms with Crippen LogP contribution in [0.1, 0.15) is 24.8 Å². The summed E-state index contributed by atoms with van der Waals surface area (Å²) >= 11 is 0. The molecule has 5 heteroatoms. The minimum Gasteiger partial charge on any atom is -0.369 e. The average Bonchev–Trinajstić information content (AvgIpc) is 3.33. The fourth-order valence-corrected chi connectivity index (χ4v) is 2.84. The maximum Gasteiger partial charge on any atom is 0.225 e. The van der Waals surface area contributed by atoms with E-state index in [0.717, 1.165) is 38.0 Å².